The van der Waals surface area contributed by atoms with E-state index in [0.29, 0.717) is 13.0 Å². The maximum atomic E-state index is 10.1. The van der Waals surface area contributed by atoms with Gasteiger partial charge < -0.3 is 14.1 Å². The third-order valence-corrected chi connectivity index (χ3v) is 3.39. The van der Waals surface area contributed by atoms with E-state index >= 15 is 0 Å². The lowest BCUT2D eigenvalue weighted by Crippen LogP contribution is -2.39. The van der Waals surface area contributed by atoms with E-state index in [1.807, 2.05) is 43.8 Å². The fourth-order valence-electron chi connectivity index (χ4n) is 1.88. The van der Waals surface area contributed by atoms with Gasteiger partial charge in [0.15, 0.2) is 0 Å². The van der Waals surface area contributed by atoms with Crippen molar-refractivity contribution in [3.8, 4) is 0 Å². The normalized spacial score (nSPS) is 16.2. The zero-order valence-corrected chi connectivity index (χ0v) is 11.6. The van der Waals surface area contributed by atoms with Gasteiger partial charge in [-0.1, -0.05) is 6.92 Å². The molecule has 0 saturated carbocycles. The van der Waals surface area contributed by atoms with Crippen LogP contribution in [-0.4, -0.2) is 26.8 Å². The van der Waals surface area contributed by atoms with Crippen molar-refractivity contribution < 1.29 is 9.52 Å². The van der Waals surface area contributed by atoms with E-state index in [9.17, 15) is 5.11 Å². The van der Waals surface area contributed by atoms with Crippen LogP contribution in [0.25, 0.3) is 0 Å². The van der Waals surface area contributed by atoms with Crippen molar-refractivity contribution in [3.63, 3.8) is 0 Å². The monoisotopic (exact) mass is 263 g/mol. The summed E-state index contributed by atoms with van der Waals surface area (Å²) in [6.45, 7) is 4.25. The van der Waals surface area contributed by atoms with Crippen LogP contribution in [0.4, 0.5) is 0 Å². The van der Waals surface area contributed by atoms with E-state index in [4.69, 9.17) is 4.42 Å². The number of furan rings is 1. The summed E-state index contributed by atoms with van der Waals surface area (Å²) in [7, 11) is 1.94. The van der Waals surface area contributed by atoms with Gasteiger partial charge in [0.1, 0.15) is 17.6 Å². The molecule has 2 atom stereocenters. The topological polar surface area (TPSA) is 63.2 Å². The predicted octanol–water partition coefficient (Wildman–Crippen LogP) is 1.85. The Labute approximate surface area is 113 Å². The van der Waals surface area contributed by atoms with Crippen molar-refractivity contribution in [2.24, 2.45) is 7.05 Å². The molecule has 0 amide bonds. The quantitative estimate of drug-likeness (QED) is 0.835. The zero-order chi connectivity index (χ0) is 13.9. The molecule has 2 heterocycles. The summed E-state index contributed by atoms with van der Waals surface area (Å²) in [6.07, 6.45) is 5.98. The SMILES string of the molecule is CCC(C)(O)CNC(c1ccco1)c1nccn1C. The molecule has 0 bridgehead atoms. The van der Waals surface area contributed by atoms with E-state index < -0.39 is 5.60 Å². The summed E-state index contributed by atoms with van der Waals surface area (Å²) in [4.78, 5) is 4.36. The number of nitrogens with zero attached hydrogens (tertiary/aromatic N) is 2. The lowest BCUT2D eigenvalue weighted by Gasteiger charge is -2.25. The van der Waals surface area contributed by atoms with Gasteiger partial charge in [-0.3, -0.25) is 5.32 Å². The number of hydrogen-bond acceptors (Lipinski definition) is 4. The summed E-state index contributed by atoms with van der Waals surface area (Å²) in [5, 5.41) is 13.4. The molecule has 0 saturated heterocycles. The van der Waals surface area contributed by atoms with E-state index in [0.717, 1.165) is 11.6 Å². The Hall–Kier alpha value is -1.59. The van der Waals surface area contributed by atoms with Gasteiger partial charge in [-0.25, -0.2) is 4.98 Å². The predicted molar refractivity (Wildman–Crippen MR) is 72.7 cm³/mol. The molecule has 5 heteroatoms. The van der Waals surface area contributed by atoms with Crippen LogP contribution in [0.5, 0.6) is 0 Å². The number of rotatable bonds is 6. The minimum absolute atomic E-state index is 0.159. The smallest absolute Gasteiger partial charge is 0.133 e. The third kappa shape index (κ3) is 3.24. The number of hydrogen-bond donors (Lipinski definition) is 2. The molecule has 19 heavy (non-hydrogen) atoms. The first-order valence-electron chi connectivity index (χ1n) is 6.50. The number of aromatic nitrogens is 2. The first-order chi connectivity index (χ1) is 9.03. The number of aliphatic hydroxyl groups is 1. The summed E-state index contributed by atoms with van der Waals surface area (Å²) < 4.78 is 7.42. The second kappa shape index (κ2) is 5.59. The highest BCUT2D eigenvalue weighted by Crippen LogP contribution is 2.21. The highest BCUT2D eigenvalue weighted by molar-refractivity contribution is 5.15. The van der Waals surface area contributed by atoms with Crippen LogP contribution < -0.4 is 5.32 Å². The highest BCUT2D eigenvalue weighted by atomic mass is 16.3. The highest BCUT2D eigenvalue weighted by Gasteiger charge is 2.25. The Morgan fingerprint density at radius 1 is 1.58 bits per heavy atom. The van der Waals surface area contributed by atoms with Gasteiger partial charge >= 0.3 is 0 Å². The summed E-state index contributed by atoms with van der Waals surface area (Å²) in [5.41, 5.74) is -0.740. The van der Waals surface area contributed by atoms with Crippen molar-refractivity contribution in [2.45, 2.75) is 31.9 Å². The van der Waals surface area contributed by atoms with Crippen molar-refractivity contribution in [1.82, 2.24) is 14.9 Å². The van der Waals surface area contributed by atoms with Crippen molar-refractivity contribution >= 4 is 0 Å². The Balaban J connectivity index is 2.19. The van der Waals surface area contributed by atoms with Crippen LogP contribution >= 0.6 is 0 Å². The molecule has 0 radical (unpaired) electrons. The third-order valence-electron chi connectivity index (χ3n) is 3.39. The molecule has 5 nitrogen and oxygen atoms in total. The lowest BCUT2D eigenvalue weighted by molar-refractivity contribution is 0.0530. The van der Waals surface area contributed by atoms with Crippen molar-refractivity contribution in [2.75, 3.05) is 6.54 Å². The molecule has 0 spiro atoms. The maximum absolute atomic E-state index is 10.1. The molecule has 2 aromatic heterocycles. The lowest BCUT2D eigenvalue weighted by atomic mass is 10.0. The second-order valence-corrected chi connectivity index (χ2v) is 5.08. The van der Waals surface area contributed by atoms with Crippen LogP contribution in [0.2, 0.25) is 0 Å². The average Bonchev–Trinajstić information content (AvgIpc) is 3.02. The molecular weight excluding hydrogens is 242 g/mol. The van der Waals surface area contributed by atoms with Crippen LogP contribution in [0, 0.1) is 0 Å². The fourth-order valence-corrected chi connectivity index (χ4v) is 1.88. The Kier molecular flexibility index (Phi) is 4.07. The Morgan fingerprint density at radius 3 is 2.89 bits per heavy atom. The molecule has 2 rings (SSSR count). The molecule has 0 fully saturated rings. The van der Waals surface area contributed by atoms with Gasteiger partial charge in [0.2, 0.25) is 0 Å². The van der Waals surface area contributed by atoms with E-state index in [1.165, 1.54) is 0 Å². The maximum Gasteiger partial charge on any atom is 0.133 e. The molecule has 0 aliphatic rings. The molecule has 104 valence electrons. The summed E-state index contributed by atoms with van der Waals surface area (Å²) in [5.74, 6) is 1.66. The van der Waals surface area contributed by atoms with Gasteiger partial charge in [0, 0.05) is 26.0 Å². The standard InChI is InChI=1S/C14H21N3O2/c1-4-14(2,18)10-16-12(11-6-5-9-19-11)13-15-7-8-17(13)3/h5-9,12,16,18H,4,10H2,1-3H3. The van der Waals surface area contributed by atoms with Gasteiger partial charge in [0.25, 0.3) is 0 Å². The first kappa shape index (κ1) is 13.8. The molecule has 0 aliphatic heterocycles. The second-order valence-electron chi connectivity index (χ2n) is 5.08. The van der Waals surface area contributed by atoms with Crippen LogP contribution in [0.15, 0.2) is 35.2 Å². The number of nitrogens with one attached hydrogen (secondary N) is 1. The van der Waals surface area contributed by atoms with E-state index in [-0.39, 0.29) is 6.04 Å². The van der Waals surface area contributed by atoms with Gasteiger partial charge in [-0.2, -0.15) is 0 Å². The van der Waals surface area contributed by atoms with Crippen molar-refractivity contribution in [3.05, 3.63) is 42.4 Å². The van der Waals surface area contributed by atoms with Crippen molar-refractivity contribution in [1.29, 1.82) is 0 Å². The average molecular weight is 263 g/mol. The van der Waals surface area contributed by atoms with E-state index in [2.05, 4.69) is 10.3 Å². The van der Waals surface area contributed by atoms with Crippen LogP contribution in [-0.2, 0) is 7.05 Å². The molecule has 2 aromatic rings. The van der Waals surface area contributed by atoms with E-state index in [1.54, 1.807) is 12.5 Å². The van der Waals surface area contributed by atoms with Crippen LogP contribution in [0.3, 0.4) is 0 Å². The van der Waals surface area contributed by atoms with Crippen LogP contribution in [0.1, 0.15) is 37.9 Å². The molecule has 2 unspecified atom stereocenters. The molecule has 0 aromatic carbocycles. The zero-order valence-electron chi connectivity index (χ0n) is 11.6. The number of aryl methyl sites for hydroxylation is 1. The van der Waals surface area contributed by atoms with Gasteiger partial charge in [-0.15, -0.1) is 0 Å². The molecular formula is C14H21N3O2. The minimum atomic E-state index is -0.740. The minimum Gasteiger partial charge on any atom is -0.467 e. The first-order valence-corrected chi connectivity index (χ1v) is 6.50. The Morgan fingerprint density at radius 2 is 2.37 bits per heavy atom. The Bertz CT molecular complexity index is 503. The van der Waals surface area contributed by atoms with Gasteiger partial charge in [-0.05, 0) is 25.5 Å². The fraction of sp³-hybridized carbons (Fsp3) is 0.500. The van der Waals surface area contributed by atoms with Gasteiger partial charge in [0.05, 0.1) is 11.9 Å². The summed E-state index contributed by atoms with van der Waals surface area (Å²) >= 11 is 0. The largest absolute Gasteiger partial charge is 0.467 e. The molecule has 0 aliphatic carbocycles. The number of imidazole rings is 1. The molecule has 2 N–H and O–H groups in total. The summed E-state index contributed by atoms with van der Waals surface area (Å²) in [6, 6.07) is 3.60.